The number of nitrogens with one attached hydrogen (secondary N) is 2. The fraction of sp³-hybridized carbons (Fsp3) is 0.105. The maximum atomic E-state index is 13.5. The van der Waals surface area contributed by atoms with Crippen LogP contribution in [0.1, 0.15) is 21.6 Å². The van der Waals surface area contributed by atoms with E-state index in [2.05, 4.69) is 20.6 Å². The van der Waals surface area contributed by atoms with E-state index in [9.17, 15) is 9.18 Å². The summed E-state index contributed by atoms with van der Waals surface area (Å²) < 4.78 is 13.5. The van der Waals surface area contributed by atoms with E-state index < -0.39 is 5.91 Å². The van der Waals surface area contributed by atoms with Gasteiger partial charge < -0.3 is 10.6 Å². The molecular formula is C19H17FN4O. The number of carbonyl (C=O) groups is 1. The van der Waals surface area contributed by atoms with Gasteiger partial charge in [0.15, 0.2) is 0 Å². The minimum atomic E-state index is -0.404. The molecule has 5 nitrogen and oxygen atoms in total. The number of amides is 1. The molecule has 1 aromatic heterocycles. The van der Waals surface area contributed by atoms with Crippen molar-refractivity contribution in [2.24, 2.45) is 0 Å². The number of aromatic nitrogens is 2. The van der Waals surface area contributed by atoms with Crippen LogP contribution in [-0.4, -0.2) is 15.9 Å². The van der Waals surface area contributed by atoms with E-state index in [1.54, 1.807) is 18.2 Å². The molecule has 0 aliphatic carbocycles. The summed E-state index contributed by atoms with van der Waals surface area (Å²) in [6.07, 6.45) is 2.88. The molecule has 0 spiro atoms. The van der Waals surface area contributed by atoms with Gasteiger partial charge in [0.1, 0.15) is 17.3 Å². The molecule has 2 N–H and O–H groups in total. The lowest BCUT2D eigenvalue weighted by Crippen LogP contribution is -2.24. The summed E-state index contributed by atoms with van der Waals surface area (Å²) in [5.74, 6) is -0.218. The standard InChI is InChI=1S/C19H17FN4O/c1-13-6-2-5-9-16(13)24-18-12-21-17(11-22-18)19(25)23-10-14-7-3-4-8-15(14)20/h2-9,11-12H,10H2,1H3,(H,22,24)(H,23,25). The molecule has 1 heterocycles. The fourth-order valence-corrected chi connectivity index (χ4v) is 2.27. The van der Waals surface area contributed by atoms with Crippen LogP contribution >= 0.6 is 0 Å². The first-order chi connectivity index (χ1) is 12.1. The van der Waals surface area contributed by atoms with E-state index in [1.165, 1.54) is 18.5 Å². The summed E-state index contributed by atoms with van der Waals surface area (Å²) in [6, 6.07) is 14.1. The molecule has 0 fully saturated rings. The lowest BCUT2D eigenvalue weighted by atomic mass is 10.2. The number of benzene rings is 2. The molecule has 0 radical (unpaired) electrons. The minimum Gasteiger partial charge on any atom is -0.346 e. The zero-order valence-corrected chi connectivity index (χ0v) is 13.7. The van der Waals surface area contributed by atoms with Crippen molar-refractivity contribution in [1.29, 1.82) is 0 Å². The summed E-state index contributed by atoms with van der Waals surface area (Å²) >= 11 is 0. The number of hydrogen-bond donors (Lipinski definition) is 2. The van der Waals surface area contributed by atoms with Crippen molar-refractivity contribution in [2.75, 3.05) is 5.32 Å². The van der Waals surface area contributed by atoms with E-state index >= 15 is 0 Å². The van der Waals surface area contributed by atoms with E-state index in [-0.39, 0.29) is 18.1 Å². The van der Waals surface area contributed by atoms with Crippen molar-refractivity contribution in [3.63, 3.8) is 0 Å². The largest absolute Gasteiger partial charge is 0.346 e. The molecule has 0 aliphatic rings. The highest BCUT2D eigenvalue weighted by atomic mass is 19.1. The minimum absolute atomic E-state index is 0.0936. The van der Waals surface area contributed by atoms with E-state index in [0.29, 0.717) is 11.4 Å². The predicted molar refractivity (Wildman–Crippen MR) is 94.1 cm³/mol. The zero-order chi connectivity index (χ0) is 17.6. The summed E-state index contributed by atoms with van der Waals surface area (Å²) in [5.41, 5.74) is 2.60. The van der Waals surface area contributed by atoms with Crippen LogP contribution < -0.4 is 10.6 Å². The topological polar surface area (TPSA) is 66.9 Å². The maximum Gasteiger partial charge on any atom is 0.271 e. The Labute approximate surface area is 145 Å². The van der Waals surface area contributed by atoms with Gasteiger partial charge in [-0.25, -0.2) is 14.4 Å². The first kappa shape index (κ1) is 16.6. The molecule has 3 rings (SSSR count). The molecule has 0 atom stereocenters. The number of carbonyl (C=O) groups excluding carboxylic acids is 1. The Bertz CT molecular complexity index is 881. The third kappa shape index (κ3) is 4.17. The van der Waals surface area contributed by atoms with Gasteiger partial charge >= 0.3 is 0 Å². The number of para-hydroxylation sites is 1. The van der Waals surface area contributed by atoms with Crippen LogP contribution in [0.3, 0.4) is 0 Å². The van der Waals surface area contributed by atoms with Crippen molar-refractivity contribution in [1.82, 2.24) is 15.3 Å². The molecular weight excluding hydrogens is 319 g/mol. The summed E-state index contributed by atoms with van der Waals surface area (Å²) in [6.45, 7) is 2.08. The van der Waals surface area contributed by atoms with E-state index in [4.69, 9.17) is 0 Å². The predicted octanol–water partition coefficient (Wildman–Crippen LogP) is 3.60. The molecule has 0 bridgehead atoms. The Morgan fingerprint density at radius 1 is 1.04 bits per heavy atom. The Morgan fingerprint density at radius 2 is 1.80 bits per heavy atom. The third-order valence-electron chi connectivity index (χ3n) is 3.69. The van der Waals surface area contributed by atoms with E-state index in [1.807, 2.05) is 31.2 Å². The summed E-state index contributed by atoms with van der Waals surface area (Å²) in [5, 5.41) is 5.78. The number of rotatable bonds is 5. The quantitative estimate of drug-likeness (QED) is 0.747. The second kappa shape index (κ2) is 7.53. The summed E-state index contributed by atoms with van der Waals surface area (Å²) in [4.78, 5) is 20.4. The van der Waals surface area contributed by atoms with Crippen LogP contribution in [0.2, 0.25) is 0 Å². The molecule has 0 saturated heterocycles. The average molecular weight is 336 g/mol. The van der Waals surface area contributed by atoms with Crippen LogP contribution in [0.25, 0.3) is 0 Å². The molecule has 2 aromatic carbocycles. The monoisotopic (exact) mass is 336 g/mol. The number of anilines is 2. The van der Waals surface area contributed by atoms with Crippen LogP contribution in [0.5, 0.6) is 0 Å². The molecule has 0 unspecified atom stereocenters. The third-order valence-corrected chi connectivity index (χ3v) is 3.69. The molecule has 126 valence electrons. The van der Waals surface area contributed by atoms with Crippen molar-refractivity contribution < 1.29 is 9.18 Å². The Morgan fingerprint density at radius 3 is 2.52 bits per heavy atom. The lowest BCUT2D eigenvalue weighted by Gasteiger charge is -2.09. The van der Waals surface area contributed by atoms with Gasteiger partial charge in [-0.15, -0.1) is 0 Å². The highest BCUT2D eigenvalue weighted by Gasteiger charge is 2.09. The van der Waals surface area contributed by atoms with Crippen molar-refractivity contribution in [3.05, 3.63) is 83.6 Å². The smallest absolute Gasteiger partial charge is 0.271 e. The van der Waals surface area contributed by atoms with Crippen LogP contribution in [0, 0.1) is 12.7 Å². The van der Waals surface area contributed by atoms with Gasteiger partial charge in [0.25, 0.3) is 5.91 Å². The highest BCUT2D eigenvalue weighted by Crippen LogP contribution is 2.17. The Hall–Kier alpha value is -3.28. The van der Waals surface area contributed by atoms with Crippen molar-refractivity contribution in [3.8, 4) is 0 Å². The molecule has 0 aliphatic heterocycles. The van der Waals surface area contributed by atoms with Crippen molar-refractivity contribution >= 4 is 17.4 Å². The first-order valence-electron chi connectivity index (χ1n) is 7.80. The number of nitrogens with zero attached hydrogens (tertiary/aromatic N) is 2. The highest BCUT2D eigenvalue weighted by molar-refractivity contribution is 5.92. The fourth-order valence-electron chi connectivity index (χ4n) is 2.27. The molecule has 3 aromatic rings. The van der Waals surface area contributed by atoms with Gasteiger partial charge in [-0.2, -0.15) is 0 Å². The number of hydrogen-bond acceptors (Lipinski definition) is 4. The second-order valence-corrected chi connectivity index (χ2v) is 5.50. The van der Waals surface area contributed by atoms with Gasteiger partial charge in [0.05, 0.1) is 12.4 Å². The van der Waals surface area contributed by atoms with Gasteiger partial charge in [-0.05, 0) is 24.6 Å². The Balaban J connectivity index is 1.63. The van der Waals surface area contributed by atoms with Crippen molar-refractivity contribution in [2.45, 2.75) is 13.5 Å². The lowest BCUT2D eigenvalue weighted by molar-refractivity contribution is 0.0945. The molecule has 25 heavy (non-hydrogen) atoms. The van der Waals surface area contributed by atoms with Crippen LogP contribution in [0.15, 0.2) is 60.9 Å². The van der Waals surface area contributed by atoms with E-state index in [0.717, 1.165) is 11.3 Å². The van der Waals surface area contributed by atoms with Gasteiger partial charge in [0.2, 0.25) is 0 Å². The SMILES string of the molecule is Cc1ccccc1Nc1cnc(C(=O)NCc2ccccc2F)cn1. The van der Waals surface area contributed by atoms with Gasteiger partial charge in [0, 0.05) is 17.8 Å². The van der Waals surface area contributed by atoms with Gasteiger partial charge in [-0.3, -0.25) is 4.79 Å². The molecule has 0 saturated carbocycles. The summed E-state index contributed by atoms with van der Waals surface area (Å²) in [7, 11) is 0. The van der Waals surface area contributed by atoms with Gasteiger partial charge in [-0.1, -0.05) is 36.4 Å². The number of halogens is 1. The zero-order valence-electron chi connectivity index (χ0n) is 13.7. The molecule has 1 amide bonds. The Kier molecular flexibility index (Phi) is 4.99. The first-order valence-corrected chi connectivity index (χ1v) is 7.80. The maximum absolute atomic E-state index is 13.5. The normalized spacial score (nSPS) is 10.3. The average Bonchev–Trinajstić information content (AvgIpc) is 2.63. The second-order valence-electron chi connectivity index (χ2n) is 5.50. The molecule has 6 heteroatoms. The van der Waals surface area contributed by atoms with Crippen LogP contribution in [0.4, 0.5) is 15.9 Å². The number of aryl methyl sites for hydroxylation is 1. The van der Waals surface area contributed by atoms with Crippen LogP contribution in [-0.2, 0) is 6.54 Å².